The largest absolute Gasteiger partial charge is 0.368 e. The third-order valence-corrected chi connectivity index (χ3v) is 6.50. The molecule has 2 atom stereocenters. The quantitative estimate of drug-likeness (QED) is 0.865. The highest BCUT2D eigenvalue weighted by molar-refractivity contribution is 5.80. The molecule has 2 N–H and O–H groups in total. The van der Waals surface area contributed by atoms with Gasteiger partial charge in [0.1, 0.15) is 18.0 Å². The van der Waals surface area contributed by atoms with Crippen molar-refractivity contribution in [3.63, 3.8) is 0 Å². The summed E-state index contributed by atoms with van der Waals surface area (Å²) in [4.78, 5) is 27.9. The first kappa shape index (κ1) is 18.5. The Bertz CT molecular complexity index is 660. The maximum atomic E-state index is 11.7. The molecule has 3 aliphatic heterocycles. The number of amides is 1. The van der Waals surface area contributed by atoms with Gasteiger partial charge in [-0.2, -0.15) is 0 Å². The zero-order valence-corrected chi connectivity index (χ0v) is 16.4. The molecular formula is C20H32N6O. The van der Waals surface area contributed by atoms with Gasteiger partial charge in [0, 0.05) is 38.3 Å². The van der Waals surface area contributed by atoms with E-state index in [-0.39, 0.29) is 11.9 Å². The topological polar surface area (TPSA) is 78.6 Å². The molecule has 3 fully saturated rings. The number of anilines is 2. The Balaban J connectivity index is 1.38. The summed E-state index contributed by atoms with van der Waals surface area (Å²) in [5.41, 5.74) is 5.60. The van der Waals surface area contributed by atoms with Crippen molar-refractivity contribution in [3.8, 4) is 0 Å². The average molecular weight is 373 g/mol. The molecule has 3 aliphatic rings. The Labute approximate surface area is 161 Å². The van der Waals surface area contributed by atoms with E-state index in [0.29, 0.717) is 6.04 Å². The normalized spacial score (nSPS) is 27.9. The van der Waals surface area contributed by atoms with Crippen molar-refractivity contribution in [3.05, 3.63) is 12.4 Å². The number of rotatable bonds is 4. The predicted octanol–water partition coefficient (Wildman–Crippen LogP) is 1.63. The Morgan fingerprint density at radius 1 is 1.00 bits per heavy atom. The van der Waals surface area contributed by atoms with Crippen LogP contribution in [0.15, 0.2) is 12.4 Å². The van der Waals surface area contributed by atoms with Crippen LogP contribution in [-0.2, 0) is 4.79 Å². The maximum absolute atomic E-state index is 11.7. The Morgan fingerprint density at radius 3 is 2.41 bits per heavy atom. The lowest BCUT2D eigenvalue weighted by molar-refractivity contribution is -0.123. The van der Waals surface area contributed by atoms with E-state index in [1.807, 2.05) is 0 Å². The first-order valence-corrected chi connectivity index (χ1v) is 10.5. The van der Waals surface area contributed by atoms with Gasteiger partial charge < -0.3 is 15.5 Å². The van der Waals surface area contributed by atoms with Crippen molar-refractivity contribution >= 4 is 17.5 Å². The summed E-state index contributed by atoms with van der Waals surface area (Å²) < 4.78 is 0. The molecule has 1 aromatic rings. The van der Waals surface area contributed by atoms with Crippen molar-refractivity contribution in [1.82, 2.24) is 14.9 Å². The van der Waals surface area contributed by atoms with Crippen LogP contribution in [0.3, 0.4) is 0 Å². The molecule has 0 spiro atoms. The van der Waals surface area contributed by atoms with Crippen molar-refractivity contribution in [2.24, 2.45) is 11.7 Å². The Morgan fingerprint density at radius 2 is 1.70 bits per heavy atom. The van der Waals surface area contributed by atoms with Gasteiger partial charge in [0.25, 0.3) is 0 Å². The van der Waals surface area contributed by atoms with E-state index in [0.717, 1.165) is 76.0 Å². The molecular weight excluding hydrogens is 340 g/mol. The fourth-order valence-corrected chi connectivity index (χ4v) is 5.04. The van der Waals surface area contributed by atoms with Crippen molar-refractivity contribution < 1.29 is 4.79 Å². The number of nitrogens with zero attached hydrogens (tertiary/aromatic N) is 5. The molecule has 2 unspecified atom stereocenters. The first-order chi connectivity index (χ1) is 13.1. The third-order valence-electron chi connectivity index (χ3n) is 6.50. The second-order valence-electron chi connectivity index (χ2n) is 8.44. The zero-order valence-electron chi connectivity index (χ0n) is 16.4. The molecule has 0 aromatic carbocycles. The van der Waals surface area contributed by atoms with Crippen LogP contribution in [0.1, 0.15) is 45.4 Å². The molecule has 0 saturated carbocycles. The van der Waals surface area contributed by atoms with Crippen LogP contribution in [0.25, 0.3) is 0 Å². The molecule has 7 nitrogen and oxygen atoms in total. The monoisotopic (exact) mass is 372 g/mol. The van der Waals surface area contributed by atoms with E-state index in [2.05, 4.69) is 37.7 Å². The van der Waals surface area contributed by atoms with Gasteiger partial charge in [-0.05, 0) is 51.0 Å². The van der Waals surface area contributed by atoms with E-state index in [4.69, 9.17) is 5.73 Å². The lowest BCUT2D eigenvalue weighted by atomic mass is 10.0. The van der Waals surface area contributed by atoms with E-state index in [1.54, 1.807) is 6.33 Å². The number of likely N-dealkylation sites (tertiary alicyclic amines) is 1. The lowest BCUT2D eigenvalue weighted by Gasteiger charge is -2.39. The average Bonchev–Trinajstić information content (AvgIpc) is 3.18. The minimum atomic E-state index is -0.161. The number of primary amides is 1. The minimum absolute atomic E-state index is 0.0618. The molecule has 148 valence electrons. The summed E-state index contributed by atoms with van der Waals surface area (Å²) in [6.07, 6.45) is 8.37. The molecule has 3 saturated heterocycles. The number of nitrogens with two attached hydrogens (primary N) is 1. The standard InChI is InChI=1S/C20H32N6O/c1-15-4-2-8-25(13-15)19-12-18(22-14-23-19)24-10-6-16(7-11-24)26-9-3-5-17(26)20(21)27/h12,14-17H,2-11,13H2,1H3,(H2,21,27). The molecule has 7 heteroatoms. The predicted molar refractivity (Wildman–Crippen MR) is 107 cm³/mol. The van der Waals surface area contributed by atoms with Crippen molar-refractivity contribution in [1.29, 1.82) is 0 Å². The second kappa shape index (κ2) is 8.00. The van der Waals surface area contributed by atoms with E-state index in [9.17, 15) is 4.79 Å². The van der Waals surface area contributed by atoms with Gasteiger partial charge in [-0.15, -0.1) is 0 Å². The first-order valence-electron chi connectivity index (χ1n) is 10.5. The van der Waals surface area contributed by atoms with E-state index < -0.39 is 0 Å². The maximum Gasteiger partial charge on any atom is 0.234 e. The van der Waals surface area contributed by atoms with E-state index in [1.165, 1.54) is 12.8 Å². The lowest BCUT2D eigenvalue weighted by Crippen LogP contribution is -2.50. The number of carbonyl (C=O) groups excluding carboxylic acids is 1. The summed E-state index contributed by atoms with van der Waals surface area (Å²) in [5.74, 6) is 2.66. The Kier molecular flexibility index (Phi) is 5.48. The van der Waals surface area contributed by atoms with Gasteiger partial charge >= 0.3 is 0 Å². The number of hydrogen-bond donors (Lipinski definition) is 1. The summed E-state index contributed by atoms with van der Waals surface area (Å²) in [6, 6.07) is 2.55. The summed E-state index contributed by atoms with van der Waals surface area (Å²) in [7, 11) is 0. The highest BCUT2D eigenvalue weighted by atomic mass is 16.1. The number of aromatic nitrogens is 2. The number of piperidine rings is 2. The molecule has 4 rings (SSSR count). The van der Waals surface area contributed by atoms with Gasteiger partial charge in [-0.25, -0.2) is 9.97 Å². The van der Waals surface area contributed by atoms with Crippen LogP contribution >= 0.6 is 0 Å². The summed E-state index contributed by atoms with van der Waals surface area (Å²) in [5, 5.41) is 0. The van der Waals surface area contributed by atoms with Gasteiger partial charge in [-0.1, -0.05) is 6.92 Å². The molecule has 1 aromatic heterocycles. The fourth-order valence-electron chi connectivity index (χ4n) is 5.04. The Hall–Kier alpha value is -1.89. The molecule has 0 aliphatic carbocycles. The third kappa shape index (κ3) is 4.03. The number of carbonyl (C=O) groups is 1. The summed E-state index contributed by atoms with van der Waals surface area (Å²) in [6.45, 7) is 7.44. The highest BCUT2D eigenvalue weighted by Gasteiger charge is 2.35. The zero-order chi connectivity index (χ0) is 18.8. The van der Waals surface area contributed by atoms with Crippen LogP contribution in [-0.4, -0.2) is 65.6 Å². The van der Waals surface area contributed by atoms with Gasteiger partial charge in [0.15, 0.2) is 0 Å². The van der Waals surface area contributed by atoms with E-state index >= 15 is 0 Å². The fraction of sp³-hybridized carbons (Fsp3) is 0.750. The molecule has 1 amide bonds. The minimum Gasteiger partial charge on any atom is -0.368 e. The molecule has 0 bridgehead atoms. The van der Waals surface area contributed by atoms with Crippen LogP contribution in [0, 0.1) is 5.92 Å². The van der Waals surface area contributed by atoms with Gasteiger partial charge in [-0.3, -0.25) is 9.69 Å². The molecule has 4 heterocycles. The van der Waals surface area contributed by atoms with Crippen LogP contribution in [0.4, 0.5) is 11.6 Å². The number of hydrogen-bond acceptors (Lipinski definition) is 6. The summed E-state index contributed by atoms with van der Waals surface area (Å²) >= 11 is 0. The van der Waals surface area contributed by atoms with Crippen LogP contribution < -0.4 is 15.5 Å². The van der Waals surface area contributed by atoms with Crippen molar-refractivity contribution in [2.75, 3.05) is 42.5 Å². The van der Waals surface area contributed by atoms with Crippen molar-refractivity contribution in [2.45, 2.75) is 57.5 Å². The van der Waals surface area contributed by atoms with Crippen LogP contribution in [0.5, 0.6) is 0 Å². The smallest absolute Gasteiger partial charge is 0.234 e. The molecule has 27 heavy (non-hydrogen) atoms. The highest BCUT2D eigenvalue weighted by Crippen LogP contribution is 2.29. The van der Waals surface area contributed by atoms with Gasteiger partial charge in [0.05, 0.1) is 6.04 Å². The van der Waals surface area contributed by atoms with Crippen LogP contribution in [0.2, 0.25) is 0 Å². The van der Waals surface area contributed by atoms with Gasteiger partial charge in [0.2, 0.25) is 5.91 Å². The SMILES string of the molecule is CC1CCCN(c2cc(N3CCC(N4CCCC4C(N)=O)CC3)ncn2)C1. The molecule has 0 radical (unpaired) electrons. The second-order valence-corrected chi connectivity index (χ2v) is 8.44.